The molecule has 0 radical (unpaired) electrons. The summed E-state index contributed by atoms with van der Waals surface area (Å²) >= 11 is 0. The molecule has 1 aliphatic heterocycles. The molecular formula is C14H18O5. The van der Waals surface area contributed by atoms with E-state index in [0.29, 0.717) is 18.4 Å². The van der Waals surface area contributed by atoms with Crippen molar-refractivity contribution >= 4 is 11.9 Å². The van der Waals surface area contributed by atoms with Crippen molar-refractivity contribution in [3.63, 3.8) is 0 Å². The van der Waals surface area contributed by atoms with Gasteiger partial charge < -0.3 is 14.6 Å². The lowest BCUT2D eigenvalue weighted by molar-refractivity contribution is -0.139. The van der Waals surface area contributed by atoms with Gasteiger partial charge in [0.2, 0.25) is 0 Å². The third-order valence-corrected chi connectivity index (χ3v) is 3.99. The first-order chi connectivity index (χ1) is 8.93. The monoisotopic (exact) mass is 266 g/mol. The Morgan fingerprint density at radius 2 is 2.21 bits per heavy atom. The zero-order valence-electron chi connectivity index (χ0n) is 11.1. The van der Waals surface area contributed by atoms with Crippen molar-refractivity contribution in [2.45, 2.75) is 32.0 Å². The third-order valence-electron chi connectivity index (χ3n) is 3.99. The normalized spacial score (nSPS) is 36.8. The molecule has 2 aliphatic rings. The summed E-state index contributed by atoms with van der Waals surface area (Å²) in [5.74, 6) is -1.41. The van der Waals surface area contributed by atoms with Gasteiger partial charge >= 0.3 is 11.9 Å². The molecule has 104 valence electrons. The number of carboxylic acids is 1. The molecule has 19 heavy (non-hydrogen) atoms. The van der Waals surface area contributed by atoms with Crippen molar-refractivity contribution in [1.29, 1.82) is 0 Å². The zero-order valence-corrected chi connectivity index (χ0v) is 11.1. The first-order valence-electron chi connectivity index (χ1n) is 6.31. The molecule has 5 heteroatoms. The molecule has 1 N–H and O–H groups in total. The predicted molar refractivity (Wildman–Crippen MR) is 67.4 cm³/mol. The van der Waals surface area contributed by atoms with E-state index >= 15 is 0 Å². The summed E-state index contributed by atoms with van der Waals surface area (Å²) in [7, 11) is 1.55. The molecule has 0 aromatic heterocycles. The molecule has 1 saturated carbocycles. The summed E-state index contributed by atoms with van der Waals surface area (Å²) in [5, 5.41) is 8.95. The van der Waals surface area contributed by atoms with Crippen LogP contribution in [0.5, 0.6) is 0 Å². The van der Waals surface area contributed by atoms with Crippen LogP contribution < -0.4 is 0 Å². The lowest BCUT2D eigenvalue weighted by Gasteiger charge is -2.21. The number of carboxylic acid groups (broad SMARTS) is 1. The number of methoxy groups -OCH3 is 1. The van der Waals surface area contributed by atoms with Crippen molar-refractivity contribution in [2.75, 3.05) is 7.11 Å². The summed E-state index contributed by atoms with van der Waals surface area (Å²) in [5.41, 5.74) is 1.21. The van der Waals surface area contributed by atoms with Gasteiger partial charge in [-0.05, 0) is 24.3 Å². The molecule has 0 bridgehead atoms. The van der Waals surface area contributed by atoms with Crippen molar-refractivity contribution in [3.05, 3.63) is 23.8 Å². The van der Waals surface area contributed by atoms with E-state index in [0.717, 1.165) is 5.57 Å². The smallest absolute Gasteiger partial charge is 0.334 e. The van der Waals surface area contributed by atoms with E-state index in [4.69, 9.17) is 14.6 Å². The molecule has 5 nitrogen and oxygen atoms in total. The Labute approximate surface area is 111 Å². The van der Waals surface area contributed by atoms with E-state index in [2.05, 4.69) is 6.58 Å². The second-order valence-corrected chi connectivity index (χ2v) is 5.15. The Bertz CT molecular complexity index is 451. The molecule has 4 atom stereocenters. The van der Waals surface area contributed by atoms with Crippen molar-refractivity contribution in [3.8, 4) is 0 Å². The van der Waals surface area contributed by atoms with Crippen LogP contribution >= 0.6 is 0 Å². The molecule has 0 amide bonds. The number of aliphatic carboxylic acids is 1. The van der Waals surface area contributed by atoms with Crippen LogP contribution in [0.25, 0.3) is 0 Å². The Balaban J connectivity index is 2.32. The summed E-state index contributed by atoms with van der Waals surface area (Å²) in [6.45, 7) is 5.70. The standard InChI is InChI=1S/C14H18O5/c1-7-4-12-10(8(2)14(17)19-12)5-11(18-3)9(7)6-13(15)16/h6-7,10-12H,2,4-5H2,1,3H3,(H,15,16)/b9-6+. The largest absolute Gasteiger partial charge is 0.478 e. The van der Waals surface area contributed by atoms with Crippen LogP contribution in [-0.2, 0) is 19.1 Å². The number of hydrogen-bond donors (Lipinski definition) is 1. The Morgan fingerprint density at radius 3 is 2.79 bits per heavy atom. The van der Waals surface area contributed by atoms with Gasteiger partial charge in [-0.1, -0.05) is 13.5 Å². The number of ether oxygens (including phenoxy) is 2. The van der Waals surface area contributed by atoms with Gasteiger partial charge in [-0.25, -0.2) is 9.59 Å². The molecule has 1 saturated heterocycles. The maximum absolute atomic E-state index is 11.5. The van der Waals surface area contributed by atoms with Gasteiger partial charge in [-0.3, -0.25) is 0 Å². The number of rotatable bonds is 2. The predicted octanol–water partition coefficient (Wildman–Crippen LogP) is 1.54. The molecule has 2 fully saturated rings. The van der Waals surface area contributed by atoms with E-state index in [1.54, 1.807) is 7.11 Å². The first kappa shape index (κ1) is 13.8. The van der Waals surface area contributed by atoms with E-state index in [1.807, 2.05) is 6.92 Å². The van der Waals surface area contributed by atoms with Crippen LogP contribution in [0, 0.1) is 11.8 Å². The lowest BCUT2D eigenvalue weighted by atomic mass is 9.91. The van der Waals surface area contributed by atoms with Crippen LogP contribution in [0.15, 0.2) is 23.8 Å². The SMILES string of the molecule is C=C1C(=O)OC2CC(C)/C(=C\C(=O)O)C(OC)CC12. The summed E-state index contributed by atoms with van der Waals surface area (Å²) in [6, 6.07) is 0. The van der Waals surface area contributed by atoms with E-state index < -0.39 is 5.97 Å². The van der Waals surface area contributed by atoms with Crippen LogP contribution in [0.2, 0.25) is 0 Å². The lowest BCUT2D eigenvalue weighted by Crippen LogP contribution is -2.21. The summed E-state index contributed by atoms with van der Waals surface area (Å²) in [4.78, 5) is 22.5. The molecule has 0 spiro atoms. The van der Waals surface area contributed by atoms with Gasteiger partial charge in [0, 0.05) is 24.7 Å². The minimum atomic E-state index is -0.980. The highest BCUT2D eigenvalue weighted by Gasteiger charge is 2.44. The maximum Gasteiger partial charge on any atom is 0.334 e. The molecule has 0 aromatic rings. The number of carbonyl (C=O) groups is 2. The number of carbonyl (C=O) groups excluding carboxylic acids is 1. The topological polar surface area (TPSA) is 72.8 Å². The van der Waals surface area contributed by atoms with Gasteiger partial charge in [0.25, 0.3) is 0 Å². The van der Waals surface area contributed by atoms with Gasteiger partial charge in [0.1, 0.15) is 6.10 Å². The van der Waals surface area contributed by atoms with Crippen molar-refractivity contribution in [1.82, 2.24) is 0 Å². The van der Waals surface area contributed by atoms with E-state index in [-0.39, 0.29) is 30.0 Å². The highest BCUT2D eigenvalue weighted by Crippen LogP contribution is 2.41. The average molecular weight is 266 g/mol. The fraction of sp³-hybridized carbons (Fsp3) is 0.571. The molecule has 1 aliphatic carbocycles. The number of hydrogen-bond acceptors (Lipinski definition) is 4. The Morgan fingerprint density at radius 1 is 1.53 bits per heavy atom. The molecule has 2 rings (SSSR count). The third kappa shape index (κ3) is 2.56. The molecular weight excluding hydrogens is 248 g/mol. The fourth-order valence-corrected chi connectivity index (χ4v) is 2.96. The van der Waals surface area contributed by atoms with Crippen molar-refractivity contribution in [2.24, 2.45) is 11.8 Å². The molecule has 1 heterocycles. The van der Waals surface area contributed by atoms with E-state index in [1.165, 1.54) is 6.08 Å². The van der Waals surface area contributed by atoms with Gasteiger partial charge in [-0.15, -0.1) is 0 Å². The average Bonchev–Trinajstić information content (AvgIpc) is 2.52. The van der Waals surface area contributed by atoms with Crippen molar-refractivity contribution < 1.29 is 24.2 Å². The fourth-order valence-electron chi connectivity index (χ4n) is 2.96. The summed E-state index contributed by atoms with van der Waals surface area (Å²) < 4.78 is 10.7. The van der Waals surface area contributed by atoms with Gasteiger partial charge in [0.15, 0.2) is 0 Å². The van der Waals surface area contributed by atoms with E-state index in [9.17, 15) is 9.59 Å². The van der Waals surface area contributed by atoms with Crippen LogP contribution in [0.3, 0.4) is 0 Å². The minimum Gasteiger partial charge on any atom is -0.478 e. The number of esters is 1. The molecule has 0 aromatic carbocycles. The Kier molecular flexibility index (Phi) is 3.75. The first-order valence-corrected chi connectivity index (χ1v) is 6.31. The second kappa shape index (κ2) is 5.17. The second-order valence-electron chi connectivity index (χ2n) is 5.15. The van der Waals surface area contributed by atoms with Gasteiger partial charge in [0.05, 0.1) is 6.10 Å². The number of fused-ring (bicyclic) bond motifs is 1. The zero-order chi connectivity index (χ0) is 14.2. The highest BCUT2D eigenvalue weighted by molar-refractivity contribution is 5.90. The quantitative estimate of drug-likeness (QED) is 0.606. The Hall–Kier alpha value is -1.62. The minimum absolute atomic E-state index is 0.00486. The van der Waals surface area contributed by atoms with Gasteiger partial charge in [-0.2, -0.15) is 0 Å². The van der Waals surface area contributed by atoms with Crippen LogP contribution in [0.1, 0.15) is 19.8 Å². The maximum atomic E-state index is 11.5. The molecule has 4 unspecified atom stereocenters. The highest BCUT2D eigenvalue weighted by atomic mass is 16.6. The summed E-state index contributed by atoms with van der Waals surface area (Å²) in [6.07, 6.45) is 1.83. The van der Waals surface area contributed by atoms with Crippen LogP contribution in [-0.4, -0.2) is 36.4 Å². The van der Waals surface area contributed by atoms with Crippen LogP contribution in [0.4, 0.5) is 0 Å².